The van der Waals surface area contributed by atoms with E-state index in [1.807, 2.05) is 10.3 Å². The Balaban J connectivity index is 1.56. The standard InChI is InChI=1S/C20H27N3OS/c1-4-16(3)22-9-11-23(12-10-22)19(24)13-18-14-25-20(21-18)17-7-5-15(2)6-8-17/h5-8,14,16H,4,9-13H2,1-3H3. The minimum atomic E-state index is 0.199. The lowest BCUT2D eigenvalue weighted by Gasteiger charge is -2.37. The summed E-state index contributed by atoms with van der Waals surface area (Å²) in [6.07, 6.45) is 1.57. The Morgan fingerprint density at radius 1 is 1.20 bits per heavy atom. The SMILES string of the molecule is CCC(C)N1CCN(C(=O)Cc2csc(-c3ccc(C)cc3)n2)CC1. The van der Waals surface area contributed by atoms with Gasteiger partial charge in [-0.15, -0.1) is 11.3 Å². The summed E-state index contributed by atoms with van der Waals surface area (Å²) in [5.74, 6) is 0.199. The van der Waals surface area contributed by atoms with Gasteiger partial charge in [0.1, 0.15) is 5.01 Å². The molecular formula is C20H27N3OS. The van der Waals surface area contributed by atoms with Crippen LogP contribution in [0.25, 0.3) is 10.6 Å². The second kappa shape index (κ2) is 8.11. The van der Waals surface area contributed by atoms with Crippen LogP contribution in [-0.2, 0) is 11.2 Å². The number of benzene rings is 1. The lowest BCUT2D eigenvalue weighted by molar-refractivity contribution is -0.132. The number of piperazine rings is 1. The highest BCUT2D eigenvalue weighted by atomic mass is 32.1. The highest BCUT2D eigenvalue weighted by Crippen LogP contribution is 2.24. The minimum Gasteiger partial charge on any atom is -0.340 e. The fourth-order valence-corrected chi connectivity index (χ4v) is 3.98. The van der Waals surface area contributed by atoms with Crippen LogP contribution in [0.3, 0.4) is 0 Å². The van der Waals surface area contributed by atoms with Crippen LogP contribution in [0, 0.1) is 6.92 Å². The lowest BCUT2D eigenvalue weighted by atomic mass is 10.1. The number of aryl methyl sites for hydroxylation is 1. The first-order valence-corrected chi connectivity index (χ1v) is 9.98. The van der Waals surface area contributed by atoms with Gasteiger partial charge in [-0.3, -0.25) is 9.69 Å². The van der Waals surface area contributed by atoms with Crippen LogP contribution in [-0.4, -0.2) is 52.9 Å². The van der Waals surface area contributed by atoms with Crippen molar-refractivity contribution < 1.29 is 4.79 Å². The number of carbonyl (C=O) groups is 1. The fourth-order valence-electron chi connectivity index (χ4n) is 3.15. The summed E-state index contributed by atoms with van der Waals surface area (Å²) < 4.78 is 0. The molecule has 3 rings (SSSR count). The Labute approximate surface area is 154 Å². The second-order valence-corrected chi connectivity index (χ2v) is 7.72. The summed E-state index contributed by atoms with van der Waals surface area (Å²) in [4.78, 5) is 21.7. The van der Waals surface area contributed by atoms with Gasteiger partial charge < -0.3 is 4.90 Å². The first-order chi connectivity index (χ1) is 12.1. The molecule has 25 heavy (non-hydrogen) atoms. The molecule has 1 aromatic carbocycles. The van der Waals surface area contributed by atoms with Gasteiger partial charge in [0.05, 0.1) is 12.1 Å². The average Bonchev–Trinajstić information content (AvgIpc) is 3.10. The van der Waals surface area contributed by atoms with Gasteiger partial charge in [0, 0.05) is 43.2 Å². The van der Waals surface area contributed by atoms with Crippen LogP contribution >= 0.6 is 11.3 Å². The van der Waals surface area contributed by atoms with Gasteiger partial charge in [-0.05, 0) is 20.3 Å². The predicted octanol–water partition coefficient (Wildman–Crippen LogP) is 3.60. The van der Waals surface area contributed by atoms with E-state index in [0.717, 1.165) is 48.9 Å². The van der Waals surface area contributed by atoms with Crippen molar-refractivity contribution in [1.29, 1.82) is 0 Å². The van der Waals surface area contributed by atoms with Crippen molar-refractivity contribution in [3.8, 4) is 10.6 Å². The van der Waals surface area contributed by atoms with E-state index in [1.165, 1.54) is 5.56 Å². The molecule has 0 saturated carbocycles. The molecule has 0 N–H and O–H groups in total. The summed E-state index contributed by atoms with van der Waals surface area (Å²) in [6.45, 7) is 10.2. The molecular weight excluding hydrogens is 330 g/mol. The predicted molar refractivity (Wildman–Crippen MR) is 104 cm³/mol. The quantitative estimate of drug-likeness (QED) is 0.820. The fraction of sp³-hybridized carbons (Fsp3) is 0.500. The van der Waals surface area contributed by atoms with Crippen LogP contribution < -0.4 is 0 Å². The molecule has 0 bridgehead atoms. The Morgan fingerprint density at radius 3 is 2.52 bits per heavy atom. The largest absolute Gasteiger partial charge is 0.340 e. The van der Waals surface area contributed by atoms with Crippen molar-refractivity contribution in [3.05, 3.63) is 40.9 Å². The molecule has 0 aliphatic carbocycles. The topological polar surface area (TPSA) is 36.4 Å². The molecule has 1 aromatic heterocycles. The van der Waals surface area contributed by atoms with Crippen molar-refractivity contribution in [2.45, 2.75) is 39.7 Å². The maximum atomic E-state index is 12.6. The van der Waals surface area contributed by atoms with Gasteiger partial charge in [-0.25, -0.2) is 4.98 Å². The molecule has 1 unspecified atom stereocenters. The number of rotatable bonds is 5. The van der Waals surface area contributed by atoms with Crippen LogP contribution in [0.15, 0.2) is 29.6 Å². The first-order valence-electron chi connectivity index (χ1n) is 9.10. The van der Waals surface area contributed by atoms with E-state index in [1.54, 1.807) is 11.3 Å². The maximum absolute atomic E-state index is 12.6. The van der Waals surface area contributed by atoms with Crippen molar-refractivity contribution in [1.82, 2.24) is 14.8 Å². The molecule has 4 nitrogen and oxygen atoms in total. The van der Waals surface area contributed by atoms with Gasteiger partial charge in [0.25, 0.3) is 0 Å². The molecule has 134 valence electrons. The molecule has 1 aliphatic rings. The Hall–Kier alpha value is -1.72. The second-order valence-electron chi connectivity index (χ2n) is 6.86. The summed E-state index contributed by atoms with van der Waals surface area (Å²) >= 11 is 1.61. The maximum Gasteiger partial charge on any atom is 0.228 e. The molecule has 1 atom stereocenters. The highest BCUT2D eigenvalue weighted by molar-refractivity contribution is 7.13. The van der Waals surface area contributed by atoms with Crippen LogP contribution in [0.5, 0.6) is 0 Å². The molecule has 1 aliphatic heterocycles. The van der Waals surface area contributed by atoms with E-state index in [0.29, 0.717) is 12.5 Å². The van der Waals surface area contributed by atoms with Gasteiger partial charge in [-0.2, -0.15) is 0 Å². The smallest absolute Gasteiger partial charge is 0.228 e. The van der Waals surface area contributed by atoms with E-state index in [4.69, 9.17) is 0 Å². The Bertz CT molecular complexity index is 702. The van der Waals surface area contributed by atoms with E-state index in [9.17, 15) is 4.79 Å². The van der Waals surface area contributed by atoms with Crippen LogP contribution in [0.2, 0.25) is 0 Å². The van der Waals surface area contributed by atoms with Crippen molar-refractivity contribution in [2.75, 3.05) is 26.2 Å². The van der Waals surface area contributed by atoms with E-state index < -0.39 is 0 Å². The molecule has 0 spiro atoms. The number of thiazole rings is 1. The van der Waals surface area contributed by atoms with E-state index in [2.05, 4.69) is 54.9 Å². The summed E-state index contributed by atoms with van der Waals surface area (Å²) in [7, 11) is 0. The van der Waals surface area contributed by atoms with Gasteiger partial charge in [0.2, 0.25) is 5.91 Å². The Kier molecular flexibility index (Phi) is 5.86. The number of amides is 1. The zero-order chi connectivity index (χ0) is 17.8. The van der Waals surface area contributed by atoms with E-state index in [-0.39, 0.29) is 5.91 Å². The number of aromatic nitrogens is 1. The summed E-state index contributed by atoms with van der Waals surface area (Å²) in [5, 5.41) is 3.01. The molecule has 1 fully saturated rings. The third-order valence-electron chi connectivity index (χ3n) is 5.06. The third-order valence-corrected chi connectivity index (χ3v) is 6.00. The summed E-state index contributed by atoms with van der Waals surface area (Å²) in [5.41, 5.74) is 3.25. The number of carbonyl (C=O) groups excluding carboxylic acids is 1. The molecule has 2 heterocycles. The summed E-state index contributed by atoms with van der Waals surface area (Å²) in [6, 6.07) is 8.98. The average molecular weight is 358 g/mol. The lowest BCUT2D eigenvalue weighted by Crippen LogP contribution is -2.51. The van der Waals surface area contributed by atoms with Crippen molar-refractivity contribution in [3.63, 3.8) is 0 Å². The normalized spacial score (nSPS) is 16.8. The van der Waals surface area contributed by atoms with Crippen LogP contribution in [0.1, 0.15) is 31.5 Å². The van der Waals surface area contributed by atoms with E-state index >= 15 is 0 Å². The van der Waals surface area contributed by atoms with Gasteiger partial charge in [0.15, 0.2) is 0 Å². The molecule has 2 aromatic rings. The molecule has 1 amide bonds. The van der Waals surface area contributed by atoms with Crippen LogP contribution in [0.4, 0.5) is 0 Å². The molecule has 1 saturated heterocycles. The Morgan fingerprint density at radius 2 is 1.88 bits per heavy atom. The molecule has 0 radical (unpaired) electrons. The minimum absolute atomic E-state index is 0.199. The first kappa shape index (κ1) is 18.1. The van der Waals surface area contributed by atoms with Crippen molar-refractivity contribution in [2.24, 2.45) is 0 Å². The number of nitrogens with zero attached hydrogens (tertiary/aromatic N) is 3. The highest BCUT2D eigenvalue weighted by Gasteiger charge is 2.23. The van der Waals surface area contributed by atoms with Crippen molar-refractivity contribution >= 4 is 17.2 Å². The monoisotopic (exact) mass is 357 g/mol. The number of hydrogen-bond acceptors (Lipinski definition) is 4. The van der Waals surface area contributed by atoms with Gasteiger partial charge in [-0.1, -0.05) is 36.8 Å². The zero-order valence-electron chi connectivity index (χ0n) is 15.4. The van der Waals surface area contributed by atoms with Gasteiger partial charge >= 0.3 is 0 Å². The third kappa shape index (κ3) is 4.47. The molecule has 5 heteroatoms. The zero-order valence-corrected chi connectivity index (χ0v) is 16.2. The number of hydrogen-bond donors (Lipinski definition) is 0.